The number of aliphatic hydroxyl groups is 2. The second-order valence-corrected chi connectivity index (χ2v) is 19.2. The lowest BCUT2D eigenvalue weighted by Crippen LogP contribution is -2.50. The smallest absolute Gasteiger partial charge is 0.206 e. The van der Waals surface area contributed by atoms with Gasteiger partial charge in [-0.3, -0.25) is 19.6 Å². The number of piperazine rings is 2. The molecule has 2 heterocycles. The molecule has 4 aliphatic rings. The van der Waals surface area contributed by atoms with Gasteiger partial charge in [0, 0.05) is 65.4 Å². The number of benzene rings is 6. The van der Waals surface area contributed by atoms with Crippen molar-refractivity contribution in [2.45, 2.75) is 34.1 Å². The third-order valence-corrected chi connectivity index (χ3v) is 15.0. The maximum Gasteiger partial charge on any atom is 0.206 e. The molecule has 10 rings (SSSR count). The molecule has 2 unspecified atom stereocenters. The molecule has 0 spiro atoms. The molecule has 10 nitrogen and oxygen atoms in total. The predicted octanol–water partition coefficient (Wildman–Crippen LogP) is 6.77. The number of hydrogen-bond donors (Lipinski definition) is 2. The minimum absolute atomic E-state index is 0.105. The summed E-state index contributed by atoms with van der Waals surface area (Å²) < 4.78 is 38.8. The first-order valence-corrected chi connectivity index (χ1v) is 23.6. The van der Waals surface area contributed by atoms with Crippen LogP contribution < -0.4 is 9.47 Å². The van der Waals surface area contributed by atoms with E-state index in [1.807, 2.05) is 0 Å². The number of hydrogen-bond acceptors (Lipinski definition) is 10. The molecular weight excluding hydrogens is 809 g/mol. The van der Waals surface area contributed by atoms with E-state index >= 15 is 0 Å². The van der Waals surface area contributed by atoms with E-state index in [1.54, 1.807) is 24.3 Å². The van der Waals surface area contributed by atoms with Crippen LogP contribution in [0.4, 0.5) is 0 Å². The van der Waals surface area contributed by atoms with Crippen LogP contribution in [0.3, 0.4) is 0 Å². The summed E-state index contributed by atoms with van der Waals surface area (Å²) in [6.07, 6.45) is -1.38. The number of fused-ring (bicyclic) bond motifs is 6. The molecule has 0 saturated carbocycles. The molecule has 2 atom stereocenters. The molecule has 6 aromatic carbocycles. The van der Waals surface area contributed by atoms with Crippen molar-refractivity contribution in [3.05, 3.63) is 168 Å². The van der Waals surface area contributed by atoms with Crippen LogP contribution in [0, 0.1) is 0 Å². The van der Waals surface area contributed by atoms with Gasteiger partial charge in [0.05, 0.1) is 21.9 Å². The van der Waals surface area contributed by atoms with Gasteiger partial charge in [-0.05, 0) is 93.0 Å². The summed E-state index contributed by atoms with van der Waals surface area (Å²) in [5.41, 5.74) is 10.7. The van der Waals surface area contributed by atoms with Gasteiger partial charge in [-0.1, -0.05) is 97.1 Å². The van der Waals surface area contributed by atoms with E-state index < -0.39 is 22.0 Å². The fourth-order valence-corrected chi connectivity index (χ4v) is 11.4. The SMILES string of the molecule is O=S(=O)(c1ccc(OCC(O)CN2CCN(C3c4ccccc4-c4ccccc43)CC2)cc1)c1ccc(OCC(O)CN2CCN(C3c4ccccc4-c4ccccc43)CC2)cc1. The van der Waals surface area contributed by atoms with Crippen molar-refractivity contribution in [3.63, 3.8) is 0 Å². The zero-order chi connectivity index (χ0) is 42.9. The van der Waals surface area contributed by atoms with Crippen LogP contribution in [0.1, 0.15) is 34.3 Å². The first kappa shape index (κ1) is 41.6. The van der Waals surface area contributed by atoms with Gasteiger partial charge >= 0.3 is 0 Å². The van der Waals surface area contributed by atoms with Gasteiger partial charge in [-0.15, -0.1) is 0 Å². The molecule has 2 aliphatic carbocycles. The van der Waals surface area contributed by atoms with Gasteiger partial charge in [-0.2, -0.15) is 0 Å². The van der Waals surface area contributed by atoms with Crippen molar-refractivity contribution in [3.8, 4) is 33.8 Å². The second-order valence-electron chi connectivity index (χ2n) is 17.2. The molecule has 63 heavy (non-hydrogen) atoms. The third-order valence-electron chi connectivity index (χ3n) is 13.2. The fourth-order valence-electron chi connectivity index (χ4n) is 10.1. The lowest BCUT2D eigenvalue weighted by atomic mass is 10.0. The molecule has 324 valence electrons. The molecule has 2 fully saturated rings. The molecule has 2 aliphatic heterocycles. The molecule has 6 aromatic rings. The zero-order valence-corrected chi connectivity index (χ0v) is 36.2. The van der Waals surface area contributed by atoms with Crippen LogP contribution in [0.2, 0.25) is 0 Å². The summed E-state index contributed by atoms with van der Waals surface area (Å²) in [6.45, 7) is 8.24. The van der Waals surface area contributed by atoms with Crippen LogP contribution in [-0.4, -0.2) is 129 Å². The average molecular weight is 863 g/mol. The van der Waals surface area contributed by atoms with Crippen LogP contribution in [0.5, 0.6) is 11.5 Å². The Morgan fingerprint density at radius 2 is 0.746 bits per heavy atom. The Kier molecular flexibility index (Phi) is 11.9. The molecule has 2 N–H and O–H groups in total. The topological polar surface area (TPSA) is 106 Å². The average Bonchev–Trinajstić information content (AvgIpc) is 3.84. The standard InChI is InChI=1S/C52H54N4O6S/c57-37(33-53-25-29-55(30-26-53)51-47-13-5-1-9-43(47)44-10-2-6-14-48(44)51)35-61-39-17-21-41(22-18-39)63(59,60)42-23-19-40(20-24-42)62-36-38(58)34-54-27-31-56(32-28-54)52-49-15-7-3-11-45(49)46-12-4-8-16-50(46)52/h1-24,37-38,51-52,57-58H,25-36H2. The molecule has 0 radical (unpaired) electrons. The normalized spacial score (nSPS) is 18.3. The van der Waals surface area contributed by atoms with Crippen LogP contribution >= 0.6 is 0 Å². The molecule has 11 heteroatoms. The van der Waals surface area contributed by atoms with Crippen molar-refractivity contribution in [1.82, 2.24) is 19.6 Å². The highest BCUT2D eigenvalue weighted by molar-refractivity contribution is 7.91. The monoisotopic (exact) mass is 862 g/mol. The summed E-state index contributed by atoms with van der Waals surface area (Å²) >= 11 is 0. The van der Waals surface area contributed by atoms with Gasteiger partial charge in [0.2, 0.25) is 9.84 Å². The highest BCUT2D eigenvalue weighted by atomic mass is 32.2. The van der Waals surface area contributed by atoms with Gasteiger partial charge in [0.1, 0.15) is 36.9 Å². The maximum atomic E-state index is 13.5. The minimum atomic E-state index is -3.79. The zero-order valence-electron chi connectivity index (χ0n) is 35.4. The fraction of sp³-hybridized carbons (Fsp3) is 0.308. The van der Waals surface area contributed by atoms with Crippen molar-refractivity contribution in [2.24, 2.45) is 0 Å². The number of sulfone groups is 1. The number of β-amino-alcohol motifs (C(OH)–C–C–N with tert-alkyl or cyclic N) is 2. The Morgan fingerprint density at radius 3 is 1.06 bits per heavy atom. The minimum Gasteiger partial charge on any atom is -0.491 e. The highest BCUT2D eigenvalue weighted by Gasteiger charge is 2.36. The van der Waals surface area contributed by atoms with Gasteiger partial charge in [0.25, 0.3) is 0 Å². The van der Waals surface area contributed by atoms with E-state index in [1.165, 1.54) is 68.8 Å². The summed E-state index contributed by atoms with van der Waals surface area (Å²) in [5, 5.41) is 21.8. The van der Waals surface area contributed by atoms with E-state index in [9.17, 15) is 18.6 Å². The van der Waals surface area contributed by atoms with Crippen LogP contribution in [0.25, 0.3) is 22.3 Å². The Morgan fingerprint density at radius 1 is 0.444 bits per heavy atom. The Labute approximate surface area is 370 Å². The molecule has 2 saturated heterocycles. The number of rotatable bonds is 14. The van der Waals surface area contributed by atoms with E-state index in [2.05, 4.69) is 117 Å². The van der Waals surface area contributed by atoms with Crippen molar-refractivity contribution >= 4 is 9.84 Å². The first-order chi connectivity index (χ1) is 30.8. The van der Waals surface area contributed by atoms with E-state index in [0.717, 1.165) is 52.4 Å². The highest BCUT2D eigenvalue weighted by Crippen LogP contribution is 2.47. The van der Waals surface area contributed by atoms with Gasteiger partial charge in [0.15, 0.2) is 0 Å². The summed E-state index contributed by atoms with van der Waals surface area (Å²) in [4.78, 5) is 9.95. The summed E-state index contributed by atoms with van der Waals surface area (Å²) in [5.74, 6) is 0.983. The van der Waals surface area contributed by atoms with E-state index in [0.29, 0.717) is 24.6 Å². The predicted molar refractivity (Wildman–Crippen MR) is 245 cm³/mol. The lowest BCUT2D eigenvalue weighted by molar-refractivity contribution is 0.0404. The lowest BCUT2D eigenvalue weighted by Gasteiger charge is -2.39. The van der Waals surface area contributed by atoms with Crippen LogP contribution in [0.15, 0.2) is 155 Å². The molecule has 0 amide bonds. The number of aliphatic hydroxyl groups excluding tert-OH is 2. The second kappa shape index (κ2) is 18.0. The van der Waals surface area contributed by atoms with Crippen molar-refractivity contribution in [1.29, 1.82) is 0 Å². The number of ether oxygens (including phenoxy) is 2. The first-order valence-electron chi connectivity index (χ1n) is 22.2. The van der Waals surface area contributed by atoms with Crippen molar-refractivity contribution < 1.29 is 28.1 Å². The maximum absolute atomic E-state index is 13.5. The number of nitrogens with zero attached hydrogens (tertiary/aromatic N) is 4. The molecule has 0 bridgehead atoms. The van der Waals surface area contributed by atoms with E-state index in [-0.39, 0.29) is 35.1 Å². The quantitative estimate of drug-likeness (QED) is 0.122. The molecule has 0 aromatic heterocycles. The van der Waals surface area contributed by atoms with Gasteiger partial charge < -0.3 is 19.7 Å². The Bertz CT molecular complexity index is 2380. The third kappa shape index (κ3) is 8.55. The Balaban J connectivity index is 0.654. The Hall–Kier alpha value is -5.37. The van der Waals surface area contributed by atoms with Crippen molar-refractivity contribution in [2.75, 3.05) is 78.7 Å². The summed E-state index contributed by atoms with van der Waals surface area (Å²) in [6, 6.07) is 47.9. The van der Waals surface area contributed by atoms with E-state index in [4.69, 9.17) is 9.47 Å². The molecular formula is C52H54N4O6S. The van der Waals surface area contributed by atoms with Crippen LogP contribution in [-0.2, 0) is 9.84 Å². The van der Waals surface area contributed by atoms with Gasteiger partial charge in [-0.25, -0.2) is 8.42 Å². The summed E-state index contributed by atoms with van der Waals surface area (Å²) in [7, 11) is -3.79. The largest absolute Gasteiger partial charge is 0.491 e.